The fourth-order valence-electron chi connectivity index (χ4n) is 2.82. The van der Waals surface area contributed by atoms with E-state index >= 15 is 0 Å². The van der Waals surface area contributed by atoms with Crippen LogP contribution in [0, 0.1) is 11.8 Å². The Bertz CT molecular complexity index is 255. The number of carbonyl (C=O) groups excluding carboxylic acids is 1. The summed E-state index contributed by atoms with van der Waals surface area (Å²) < 4.78 is 5.30. The van der Waals surface area contributed by atoms with Gasteiger partial charge < -0.3 is 4.74 Å². The van der Waals surface area contributed by atoms with Crippen molar-refractivity contribution in [3.8, 4) is 0 Å². The van der Waals surface area contributed by atoms with E-state index in [1.807, 2.05) is 0 Å². The summed E-state index contributed by atoms with van der Waals surface area (Å²) in [6.07, 6.45) is 5.93. The maximum atomic E-state index is 10.8. The molecule has 0 N–H and O–H groups in total. The standard InChI is InChI=1S/C11H16O2/c1-3-9-4-8-5-10(9)11(6-8)13-7(2)12/h3,8,10-11H,4-6H2,1-2H3/t8-,10-,11+/m1/s1. The number of esters is 1. The molecule has 0 aromatic heterocycles. The molecule has 0 heterocycles. The van der Waals surface area contributed by atoms with Crippen molar-refractivity contribution < 1.29 is 9.53 Å². The predicted octanol–water partition coefficient (Wildman–Crippen LogP) is 2.29. The quantitative estimate of drug-likeness (QED) is 0.457. The molecule has 3 atom stereocenters. The van der Waals surface area contributed by atoms with E-state index in [1.54, 1.807) is 0 Å². The van der Waals surface area contributed by atoms with Gasteiger partial charge in [-0.2, -0.15) is 0 Å². The van der Waals surface area contributed by atoms with Crippen LogP contribution in [0.5, 0.6) is 0 Å². The predicted molar refractivity (Wildman–Crippen MR) is 50.1 cm³/mol. The zero-order chi connectivity index (χ0) is 9.42. The fourth-order valence-corrected chi connectivity index (χ4v) is 2.82. The maximum absolute atomic E-state index is 10.8. The molecule has 0 radical (unpaired) electrons. The van der Waals surface area contributed by atoms with Crippen molar-refractivity contribution in [1.29, 1.82) is 0 Å². The second-order valence-corrected chi connectivity index (χ2v) is 4.16. The van der Waals surface area contributed by atoms with Gasteiger partial charge in [0, 0.05) is 12.8 Å². The van der Waals surface area contributed by atoms with Crippen LogP contribution in [0.25, 0.3) is 0 Å². The Balaban J connectivity index is 2.06. The average Bonchev–Trinajstić information content (AvgIpc) is 2.60. The van der Waals surface area contributed by atoms with Crippen LogP contribution < -0.4 is 0 Å². The molecule has 2 aliphatic rings. The first-order chi connectivity index (χ1) is 6.20. The van der Waals surface area contributed by atoms with E-state index in [0.29, 0.717) is 5.92 Å². The van der Waals surface area contributed by atoms with Crippen molar-refractivity contribution in [1.82, 2.24) is 0 Å². The van der Waals surface area contributed by atoms with E-state index < -0.39 is 0 Å². The topological polar surface area (TPSA) is 26.3 Å². The molecule has 0 aromatic carbocycles. The van der Waals surface area contributed by atoms with Gasteiger partial charge in [0.25, 0.3) is 0 Å². The smallest absolute Gasteiger partial charge is 0.302 e. The van der Waals surface area contributed by atoms with E-state index in [2.05, 4.69) is 13.0 Å². The number of carbonyl (C=O) groups is 1. The van der Waals surface area contributed by atoms with Crippen molar-refractivity contribution in [3.05, 3.63) is 11.6 Å². The fraction of sp³-hybridized carbons (Fsp3) is 0.727. The lowest BCUT2D eigenvalue weighted by Crippen LogP contribution is -2.24. The first-order valence-corrected chi connectivity index (χ1v) is 5.03. The van der Waals surface area contributed by atoms with Gasteiger partial charge in [-0.05, 0) is 32.1 Å². The van der Waals surface area contributed by atoms with E-state index in [0.717, 1.165) is 12.3 Å². The molecule has 72 valence electrons. The van der Waals surface area contributed by atoms with Crippen molar-refractivity contribution in [3.63, 3.8) is 0 Å². The first kappa shape index (κ1) is 8.79. The van der Waals surface area contributed by atoms with Gasteiger partial charge in [0.05, 0.1) is 0 Å². The highest BCUT2D eigenvalue weighted by molar-refractivity contribution is 5.66. The molecule has 0 saturated heterocycles. The second-order valence-electron chi connectivity index (χ2n) is 4.16. The minimum Gasteiger partial charge on any atom is -0.462 e. The van der Waals surface area contributed by atoms with Crippen molar-refractivity contribution >= 4 is 5.97 Å². The van der Waals surface area contributed by atoms with Crippen LogP contribution in [0.15, 0.2) is 11.6 Å². The Kier molecular flexibility index (Phi) is 2.14. The van der Waals surface area contributed by atoms with Gasteiger partial charge >= 0.3 is 5.97 Å². The van der Waals surface area contributed by atoms with E-state index in [-0.39, 0.29) is 12.1 Å². The summed E-state index contributed by atoms with van der Waals surface area (Å²) in [5.41, 5.74) is 1.50. The molecular formula is C11H16O2. The molecule has 13 heavy (non-hydrogen) atoms. The van der Waals surface area contributed by atoms with Gasteiger partial charge in [-0.1, -0.05) is 11.6 Å². The minimum atomic E-state index is -0.131. The normalized spacial score (nSPS) is 39.8. The van der Waals surface area contributed by atoms with Crippen molar-refractivity contribution in [2.45, 2.75) is 39.2 Å². The highest BCUT2D eigenvalue weighted by Crippen LogP contribution is 2.49. The zero-order valence-corrected chi connectivity index (χ0v) is 8.25. The summed E-state index contributed by atoms with van der Waals surface area (Å²) in [4.78, 5) is 10.8. The van der Waals surface area contributed by atoms with E-state index in [4.69, 9.17) is 4.74 Å². The van der Waals surface area contributed by atoms with Crippen LogP contribution in [0.1, 0.15) is 33.1 Å². The first-order valence-electron chi connectivity index (χ1n) is 5.03. The number of rotatable bonds is 1. The summed E-state index contributed by atoms with van der Waals surface area (Å²) in [6.45, 7) is 3.59. The lowest BCUT2D eigenvalue weighted by atomic mass is 9.92. The van der Waals surface area contributed by atoms with Gasteiger partial charge in [0.1, 0.15) is 6.10 Å². The summed E-state index contributed by atoms with van der Waals surface area (Å²) in [5, 5.41) is 0. The Morgan fingerprint density at radius 3 is 2.85 bits per heavy atom. The molecule has 2 bridgehead atoms. The highest BCUT2D eigenvalue weighted by Gasteiger charge is 2.44. The molecule has 2 saturated carbocycles. The molecule has 2 aliphatic carbocycles. The van der Waals surface area contributed by atoms with Crippen LogP contribution in [-0.4, -0.2) is 12.1 Å². The highest BCUT2D eigenvalue weighted by atomic mass is 16.5. The third-order valence-corrected chi connectivity index (χ3v) is 3.29. The lowest BCUT2D eigenvalue weighted by molar-refractivity contribution is -0.147. The monoisotopic (exact) mass is 180 g/mol. The third-order valence-electron chi connectivity index (χ3n) is 3.29. The Hall–Kier alpha value is -0.790. The molecule has 0 aliphatic heterocycles. The third kappa shape index (κ3) is 1.50. The maximum Gasteiger partial charge on any atom is 0.302 e. The van der Waals surface area contributed by atoms with Crippen LogP contribution in [-0.2, 0) is 9.53 Å². The van der Waals surface area contributed by atoms with Gasteiger partial charge in [-0.3, -0.25) is 4.79 Å². The van der Waals surface area contributed by atoms with Gasteiger partial charge in [0.15, 0.2) is 0 Å². The van der Waals surface area contributed by atoms with Gasteiger partial charge in [0.2, 0.25) is 0 Å². The molecule has 2 rings (SSSR count). The zero-order valence-electron chi connectivity index (χ0n) is 8.25. The van der Waals surface area contributed by atoms with E-state index in [9.17, 15) is 4.79 Å². The molecule has 0 aromatic rings. The second kappa shape index (κ2) is 3.17. The molecule has 0 spiro atoms. The number of fused-ring (bicyclic) bond motifs is 2. The largest absolute Gasteiger partial charge is 0.462 e. The lowest BCUT2D eigenvalue weighted by Gasteiger charge is -2.23. The van der Waals surface area contributed by atoms with Crippen molar-refractivity contribution in [2.75, 3.05) is 0 Å². The Labute approximate surface area is 79.0 Å². The number of allylic oxidation sites excluding steroid dienone is 1. The minimum absolute atomic E-state index is 0.131. The summed E-state index contributed by atoms with van der Waals surface area (Å²) in [7, 11) is 0. The molecule has 0 unspecified atom stereocenters. The van der Waals surface area contributed by atoms with E-state index in [1.165, 1.54) is 25.3 Å². The molecule has 2 heteroatoms. The Morgan fingerprint density at radius 2 is 2.31 bits per heavy atom. The molecule has 0 amide bonds. The number of ether oxygens (including phenoxy) is 1. The Morgan fingerprint density at radius 1 is 1.54 bits per heavy atom. The van der Waals surface area contributed by atoms with Crippen LogP contribution in [0.2, 0.25) is 0 Å². The average molecular weight is 180 g/mol. The molecule has 2 fully saturated rings. The summed E-state index contributed by atoms with van der Waals surface area (Å²) >= 11 is 0. The van der Waals surface area contributed by atoms with Gasteiger partial charge in [-0.25, -0.2) is 0 Å². The molecular weight excluding hydrogens is 164 g/mol. The van der Waals surface area contributed by atoms with Crippen LogP contribution >= 0.6 is 0 Å². The van der Waals surface area contributed by atoms with Gasteiger partial charge in [-0.15, -0.1) is 0 Å². The SMILES string of the molecule is CC=C1C[C@H]2C[C@H](OC(C)=O)[C@@H]1C2. The van der Waals surface area contributed by atoms with Crippen LogP contribution in [0.3, 0.4) is 0 Å². The summed E-state index contributed by atoms with van der Waals surface area (Å²) in [5.74, 6) is 1.19. The molecule has 2 nitrogen and oxygen atoms in total. The number of hydrogen-bond acceptors (Lipinski definition) is 2. The van der Waals surface area contributed by atoms with Crippen molar-refractivity contribution in [2.24, 2.45) is 11.8 Å². The van der Waals surface area contributed by atoms with Crippen LogP contribution in [0.4, 0.5) is 0 Å². The number of hydrogen-bond donors (Lipinski definition) is 0. The summed E-state index contributed by atoms with van der Waals surface area (Å²) in [6, 6.07) is 0.